The van der Waals surface area contributed by atoms with E-state index in [2.05, 4.69) is 235 Å². The van der Waals surface area contributed by atoms with Crippen LogP contribution in [-0.4, -0.2) is 12.0 Å². The minimum Gasteiger partial charge on any atom is -0.321 e. The topological polar surface area (TPSA) is 19.4 Å². The molecular weight excluding hydrogens is 977 g/mol. The summed E-state index contributed by atoms with van der Waals surface area (Å²) in [4.78, 5) is 10.9. The van der Waals surface area contributed by atoms with Gasteiger partial charge in [0.25, 0.3) is 0 Å². The fourth-order valence-corrected chi connectivity index (χ4v) is 13.4. The molecule has 0 N–H and O–H groups in total. The van der Waals surface area contributed by atoms with E-state index < -0.39 is 6.99 Å². The fraction of sp³-hybridized carbons (Fsp3) is 0.0143. The van der Waals surface area contributed by atoms with E-state index in [1.807, 2.05) is 72.1 Å². The number of rotatable bonds is 13. The second-order valence-electron chi connectivity index (χ2n) is 19.1. The zero-order chi connectivity index (χ0) is 51.7. The van der Waals surface area contributed by atoms with Crippen molar-refractivity contribution in [2.75, 3.05) is 9.80 Å². The number of aryl methyl sites for hydroxylation is 1. The van der Waals surface area contributed by atoms with E-state index in [0.29, 0.717) is 10.2 Å². The second kappa shape index (κ2) is 20.9. The Labute approximate surface area is 457 Å². The molecule has 0 atom stereocenters. The zero-order valence-electron chi connectivity index (χ0n) is 42.2. The van der Waals surface area contributed by atoms with E-state index in [1.165, 1.54) is 32.9 Å². The molecule has 0 aliphatic rings. The normalized spacial score (nSPS) is 11.2. The Balaban J connectivity index is 0.951. The lowest BCUT2D eigenvalue weighted by molar-refractivity contribution is 0.866. The lowest BCUT2D eigenvalue weighted by Gasteiger charge is -2.28. The molecule has 3 nitrogen and oxygen atoms in total. The fourth-order valence-electron chi connectivity index (χ4n) is 10.7. The first-order valence-electron chi connectivity index (χ1n) is 25.9. The molecule has 13 rings (SSSR count). The first kappa shape index (κ1) is 47.6. The van der Waals surface area contributed by atoms with E-state index >= 15 is 4.32 Å². The number of halogens is 1. The van der Waals surface area contributed by atoms with Crippen molar-refractivity contribution in [2.24, 2.45) is 0 Å². The van der Waals surface area contributed by atoms with Crippen LogP contribution in [0.25, 0.3) is 77.3 Å². The van der Waals surface area contributed by atoms with Gasteiger partial charge in [-0.15, -0.1) is 22.7 Å². The highest BCUT2D eigenvalue weighted by Crippen LogP contribution is 2.53. The van der Waals surface area contributed by atoms with Gasteiger partial charge in [-0.3, -0.25) is 4.98 Å². The molecule has 7 heteroatoms. The SMILES string of the molecule is Cc1sc(N(c2ccccc2)c2ccc(N(c3ccccc3)c3sc(B(F)c4ccc(-c5cnc6c(ccc7ccccc76)c5)cc4)c(-c4ccccc4)c3-c3ccccc3)cc2)c(-c2ccccc2)c1-c1ccccc1. The largest absolute Gasteiger partial charge is 0.424 e. The van der Waals surface area contributed by atoms with Crippen LogP contribution >= 0.6 is 22.7 Å². The number of nitrogens with zero attached hydrogens (tertiary/aromatic N) is 3. The van der Waals surface area contributed by atoms with E-state index in [1.54, 1.807) is 0 Å². The summed E-state index contributed by atoms with van der Waals surface area (Å²) in [6.45, 7) is 0.799. The lowest BCUT2D eigenvalue weighted by Crippen LogP contribution is -2.37. The lowest BCUT2D eigenvalue weighted by atomic mass is 9.61. The number of pyridine rings is 1. The monoisotopic (exact) mass is 1030 g/mol. The minimum atomic E-state index is -1.44. The maximum Gasteiger partial charge on any atom is 0.424 e. The number of hydrogen-bond acceptors (Lipinski definition) is 5. The van der Waals surface area contributed by atoms with Gasteiger partial charge >= 0.3 is 6.99 Å². The Bertz CT molecular complexity index is 4160. The molecule has 3 aromatic heterocycles. The third-order valence-corrected chi connectivity index (χ3v) is 16.7. The molecule has 0 radical (unpaired) electrons. The summed E-state index contributed by atoms with van der Waals surface area (Å²) in [5.74, 6) is 0. The summed E-state index contributed by atoms with van der Waals surface area (Å²) in [6.07, 6.45) is 1.93. The maximum atomic E-state index is 18.2. The molecule has 366 valence electrons. The molecule has 0 bridgehead atoms. The van der Waals surface area contributed by atoms with Gasteiger partial charge in [0.1, 0.15) is 10.0 Å². The molecule has 10 aromatic carbocycles. The quantitative estimate of drug-likeness (QED) is 0.0847. The van der Waals surface area contributed by atoms with Gasteiger partial charge in [0, 0.05) is 77.2 Å². The van der Waals surface area contributed by atoms with Crippen LogP contribution in [0.4, 0.5) is 37.1 Å². The second-order valence-corrected chi connectivity index (χ2v) is 21.4. The van der Waals surface area contributed by atoms with Crippen molar-refractivity contribution in [1.29, 1.82) is 0 Å². The van der Waals surface area contributed by atoms with Crippen LogP contribution < -0.4 is 20.0 Å². The van der Waals surface area contributed by atoms with Crippen molar-refractivity contribution in [3.63, 3.8) is 0 Å². The molecule has 0 aliphatic carbocycles. The van der Waals surface area contributed by atoms with Crippen LogP contribution in [0.3, 0.4) is 0 Å². The van der Waals surface area contributed by atoms with Gasteiger partial charge in [0.15, 0.2) is 0 Å². The molecule has 0 saturated carbocycles. The maximum absolute atomic E-state index is 18.2. The number of aromatic nitrogens is 1. The summed E-state index contributed by atoms with van der Waals surface area (Å²) in [6, 6.07) is 95.0. The first-order valence-corrected chi connectivity index (χ1v) is 27.5. The molecule has 0 spiro atoms. The van der Waals surface area contributed by atoms with Gasteiger partial charge < -0.3 is 14.1 Å². The average Bonchev–Trinajstić information content (AvgIpc) is 4.09. The summed E-state index contributed by atoms with van der Waals surface area (Å²) < 4.78 is 18.9. The average molecular weight is 1030 g/mol. The van der Waals surface area contributed by atoms with Crippen molar-refractivity contribution in [3.05, 3.63) is 284 Å². The Hall–Kier alpha value is -9.14. The van der Waals surface area contributed by atoms with Crippen molar-refractivity contribution in [3.8, 4) is 55.6 Å². The summed E-state index contributed by atoms with van der Waals surface area (Å²) >= 11 is 3.33. The van der Waals surface area contributed by atoms with Gasteiger partial charge in [-0.1, -0.05) is 218 Å². The van der Waals surface area contributed by atoms with Crippen LogP contribution in [0.15, 0.2) is 279 Å². The van der Waals surface area contributed by atoms with E-state index in [9.17, 15) is 0 Å². The van der Waals surface area contributed by atoms with Gasteiger partial charge in [-0.2, -0.15) is 0 Å². The highest BCUT2D eigenvalue weighted by Gasteiger charge is 2.34. The summed E-state index contributed by atoms with van der Waals surface area (Å²) in [5, 5.41) is 5.42. The van der Waals surface area contributed by atoms with Crippen LogP contribution in [0.2, 0.25) is 0 Å². The summed E-state index contributed by atoms with van der Waals surface area (Å²) in [5.41, 5.74) is 16.1. The van der Waals surface area contributed by atoms with Crippen molar-refractivity contribution < 1.29 is 4.32 Å². The zero-order valence-corrected chi connectivity index (χ0v) is 43.8. The number of anilines is 6. The van der Waals surface area contributed by atoms with Gasteiger partial charge in [0.2, 0.25) is 0 Å². The van der Waals surface area contributed by atoms with Crippen LogP contribution in [-0.2, 0) is 0 Å². The molecule has 3 heterocycles. The van der Waals surface area contributed by atoms with Crippen molar-refractivity contribution in [1.82, 2.24) is 4.98 Å². The molecule has 0 unspecified atom stereocenters. The molecule has 0 fully saturated rings. The van der Waals surface area contributed by atoms with Crippen LogP contribution in [0.5, 0.6) is 0 Å². The van der Waals surface area contributed by atoms with Gasteiger partial charge in [-0.25, -0.2) is 0 Å². The predicted molar refractivity (Wildman–Crippen MR) is 329 cm³/mol. The standard InChI is InChI=1S/C70H49BFN3S2/c1-48-63(51-23-8-2-9-24-51)65(53-27-12-4-13-28-53)69(76-48)74(58-31-16-6-17-32-58)60-42-44-61(45-43-60)75(59-33-18-7-19-34-59)70-66(54-29-14-5-15-30-54)64(52-25-10-3-11-26-52)68(77-70)71(72)57-40-38-49(39-41-57)56-46-55-37-36-50-22-20-21-35-62(50)67(55)73-47-56/h2-47H,1H3. The Morgan fingerprint density at radius 1 is 0.364 bits per heavy atom. The van der Waals surface area contributed by atoms with Crippen LogP contribution in [0.1, 0.15) is 4.88 Å². The molecule has 77 heavy (non-hydrogen) atoms. The number of thiophene rings is 2. The van der Waals surface area contributed by atoms with E-state index in [0.717, 1.165) is 93.4 Å². The minimum absolute atomic E-state index is 0.587. The highest BCUT2D eigenvalue weighted by molar-refractivity contribution is 7.29. The van der Waals surface area contributed by atoms with E-state index in [-0.39, 0.29) is 0 Å². The Kier molecular flexibility index (Phi) is 12.9. The molecule has 0 aliphatic heterocycles. The third kappa shape index (κ3) is 9.10. The Morgan fingerprint density at radius 2 is 0.779 bits per heavy atom. The molecular formula is C70H49BFN3S2. The smallest absolute Gasteiger partial charge is 0.321 e. The predicted octanol–water partition coefficient (Wildman–Crippen LogP) is 19.2. The van der Waals surface area contributed by atoms with Crippen molar-refractivity contribution >= 4 is 94.3 Å². The van der Waals surface area contributed by atoms with E-state index in [4.69, 9.17) is 4.98 Å². The number of fused-ring (bicyclic) bond motifs is 3. The van der Waals surface area contributed by atoms with Gasteiger partial charge in [-0.05, 0) is 100 Å². The number of benzene rings is 10. The molecule has 0 amide bonds. The van der Waals surface area contributed by atoms with Gasteiger partial charge in [0.05, 0.1) is 5.52 Å². The van der Waals surface area contributed by atoms with Crippen molar-refractivity contribution in [2.45, 2.75) is 6.92 Å². The number of hydrogen-bond donors (Lipinski definition) is 0. The molecule has 0 saturated heterocycles. The Morgan fingerprint density at radius 3 is 1.31 bits per heavy atom. The van der Waals surface area contributed by atoms with Crippen LogP contribution in [0, 0.1) is 6.92 Å². The number of para-hydroxylation sites is 2. The first-order chi connectivity index (χ1) is 38.1. The highest BCUT2D eigenvalue weighted by atomic mass is 32.1. The summed E-state index contributed by atoms with van der Waals surface area (Å²) in [7, 11) is 0. The molecule has 13 aromatic rings. The third-order valence-electron chi connectivity index (χ3n) is 14.4.